The van der Waals surface area contributed by atoms with Crippen molar-refractivity contribution in [2.24, 2.45) is 5.73 Å². The lowest BCUT2D eigenvalue weighted by atomic mass is 10.4. The fourth-order valence-electron chi connectivity index (χ4n) is 0.674. The standard InChI is InChI=1S/C7H10NP/c8-6-9-7-4-2-1-3-5-7/h1-5,9H,6,8H2. The Morgan fingerprint density at radius 1 is 1.22 bits per heavy atom. The van der Waals surface area contributed by atoms with E-state index in [0.29, 0.717) is 0 Å². The van der Waals surface area contributed by atoms with E-state index in [-0.39, 0.29) is 0 Å². The van der Waals surface area contributed by atoms with E-state index >= 15 is 0 Å². The van der Waals surface area contributed by atoms with Crippen LogP contribution in [0.25, 0.3) is 0 Å². The second-order valence-corrected chi connectivity index (χ2v) is 3.09. The molecule has 1 rings (SSSR count). The predicted octanol–water partition coefficient (Wildman–Crippen LogP) is 0.907. The molecule has 9 heavy (non-hydrogen) atoms. The van der Waals surface area contributed by atoms with Gasteiger partial charge in [0.25, 0.3) is 0 Å². The van der Waals surface area contributed by atoms with Gasteiger partial charge in [-0.15, -0.1) is 0 Å². The van der Waals surface area contributed by atoms with Crippen LogP contribution < -0.4 is 11.0 Å². The van der Waals surface area contributed by atoms with Crippen molar-refractivity contribution in [3.05, 3.63) is 30.3 Å². The maximum atomic E-state index is 5.37. The minimum absolute atomic E-state index is 0.765. The number of hydrogen-bond donors (Lipinski definition) is 1. The first-order chi connectivity index (χ1) is 4.43. The Bertz CT molecular complexity index is 162. The fraction of sp³-hybridized carbons (Fsp3) is 0.143. The van der Waals surface area contributed by atoms with Crippen LogP contribution in [0.4, 0.5) is 0 Å². The lowest BCUT2D eigenvalue weighted by Crippen LogP contribution is -1.99. The van der Waals surface area contributed by atoms with Crippen LogP contribution in [0.5, 0.6) is 0 Å². The van der Waals surface area contributed by atoms with E-state index in [1.165, 1.54) is 5.30 Å². The third-order valence-corrected chi connectivity index (χ3v) is 2.03. The van der Waals surface area contributed by atoms with Crippen molar-refractivity contribution in [3.8, 4) is 0 Å². The molecule has 2 heteroatoms. The Morgan fingerprint density at radius 3 is 2.44 bits per heavy atom. The third-order valence-electron chi connectivity index (χ3n) is 1.08. The first kappa shape index (κ1) is 6.73. The van der Waals surface area contributed by atoms with Crippen LogP contribution in [0, 0.1) is 0 Å². The van der Waals surface area contributed by atoms with E-state index in [1.54, 1.807) is 0 Å². The smallest absolute Gasteiger partial charge is 0.0141 e. The predicted molar refractivity (Wildman–Crippen MR) is 43.4 cm³/mol. The van der Waals surface area contributed by atoms with Gasteiger partial charge >= 0.3 is 0 Å². The molecular weight excluding hydrogens is 129 g/mol. The minimum Gasteiger partial charge on any atom is -0.327 e. The second-order valence-electron chi connectivity index (χ2n) is 1.75. The summed E-state index contributed by atoms with van der Waals surface area (Å²) < 4.78 is 0. The largest absolute Gasteiger partial charge is 0.327 e. The van der Waals surface area contributed by atoms with Crippen molar-refractivity contribution in [2.45, 2.75) is 0 Å². The first-order valence-corrected chi connectivity index (χ1v) is 4.13. The summed E-state index contributed by atoms with van der Waals surface area (Å²) >= 11 is 0. The van der Waals surface area contributed by atoms with Crippen LogP contribution in [0.15, 0.2) is 30.3 Å². The SMILES string of the molecule is NCPc1ccccc1. The molecule has 0 amide bonds. The van der Waals surface area contributed by atoms with Crippen molar-refractivity contribution in [2.75, 3.05) is 6.29 Å². The first-order valence-electron chi connectivity index (χ1n) is 2.92. The highest BCUT2D eigenvalue weighted by Gasteiger charge is 1.84. The fourth-order valence-corrected chi connectivity index (χ4v) is 1.34. The Morgan fingerprint density at radius 2 is 1.89 bits per heavy atom. The van der Waals surface area contributed by atoms with Gasteiger partial charge in [0.15, 0.2) is 0 Å². The molecule has 1 aromatic carbocycles. The number of rotatable bonds is 2. The highest BCUT2D eigenvalue weighted by atomic mass is 31.1. The molecule has 48 valence electrons. The molecular formula is C7H10NP. The Hall–Kier alpha value is -0.390. The van der Waals surface area contributed by atoms with Gasteiger partial charge in [-0.3, -0.25) is 0 Å². The highest BCUT2D eigenvalue weighted by molar-refractivity contribution is 7.47. The minimum atomic E-state index is 0.765. The lowest BCUT2D eigenvalue weighted by Gasteiger charge is -1.94. The van der Waals surface area contributed by atoms with Crippen molar-refractivity contribution < 1.29 is 0 Å². The van der Waals surface area contributed by atoms with E-state index in [2.05, 4.69) is 12.1 Å². The topological polar surface area (TPSA) is 26.0 Å². The van der Waals surface area contributed by atoms with Crippen LogP contribution in [0.2, 0.25) is 0 Å². The van der Waals surface area contributed by atoms with Gasteiger partial charge in [0.05, 0.1) is 0 Å². The Balaban J connectivity index is 2.61. The van der Waals surface area contributed by atoms with Crippen molar-refractivity contribution in [3.63, 3.8) is 0 Å². The molecule has 0 fully saturated rings. The average Bonchev–Trinajstić information content (AvgIpc) is 1.91. The molecule has 0 aliphatic carbocycles. The molecule has 0 radical (unpaired) electrons. The molecule has 1 atom stereocenters. The monoisotopic (exact) mass is 139 g/mol. The maximum Gasteiger partial charge on any atom is 0.0141 e. The molecule has 1 unspecified atom stereocenters. The van der Waals surface area contributed by atoms with Crippen LogP contribution in [0.1, 0.15) is 0 Å². The molecule has 0 saturated heterocycles. The average molecular weight is 139 g/mol. The van der Waals surface area contributed by atoms with Crippen LogP contribution in [-0.2, 0) is 0 Å². The molecule has 2 N–H and O–H groups in total. The molecule has 0 spiro atoms. The van der Waals surface area contributed by atoms with E-state index < -0.39 is 0 Å². The van der Waals surface area contributed by atoms with E-state index in [0.717, 1.165) is 14.9 Å². The quantitative estimate of drug-likeness (QED) is 0.605. The summed E-state index contributed by atoms with van der Waals surface area (Å²) in [5.41, 5.74) is 5.37. The van der Waals surface area contributed by atoms with Gasteiger partial charge in [0.2, 0.25) is 0 Å². The third kappa shape index (κ3) is 2.13. The van der Waals surface area contributed by atoms with Crippen molar-refractivity contribution in [1.29, 1.82) is 0 Å². The molecule has 0 saturated carbocycles. The van der Waals surface area contributed by atoms with Crippen molar-refractivity contribution in [1.82, 2.24) is 0 Å². The van der Waals surface area contributed by atoms with E-state index in [9.17, 15) is 0 Å². The van der Waals surface area contributed by atoms with Crippen LogP contribution >= 0.6 is 8.58 Å². The summed E-state index contributed by atoms with van der Waals surface area (Å²) in [6.07, 6.45) is 0.768. The van der Waals surface area contributed by atoms with Gasteiger partial charge in [-0.1, -0.05) is 38.9 Å². The molecule has 0 aliphatic heterocycles. The second kappa shape index (κ2) is 3.60. The molecule has 1 aromatic rings. The molecule has 0 aromatic heterocycles. The van der Waals surface area contributed by atoms with Crippen LogP contribution in [-0.4, -0.2) is 6.29 Å². The molecule has 0 bridgehead atoms. The van der Waals surface area contributed by atoms with Crippen LogP contribution in [0.3, 0.4) is 0 Å². The van der Waals surface area contributed by atoms with Gasteiger partial charge < -0.3 is 5.73 Å². The molecule has 1 nitrogen and oxygen atoms in total. The molecule has 0 heterocycles. The summed E-state index contributed by atoms with van der Waals surface area (Å²) in [4.78, 5) is 0. The van der Waals surface area contributed by atoms with Gasteiger partial charge in [0.1, 0.15) is 0 Å². The van der Waals surface area contributed by atoms with Crippen molar-refractivity contribution >= 4 is 13.9 Å². The van der Waals surface area contributed by atoms with Gasteiger partial charge in [-0.25, -0.2) is 0 Å². The summed E-state index contributed by atoms with van der Waals surface area (Å²) in [5.74, 6) is 0. The Kier molecular flexibility index (Phi) is 2.69. The number of hydrogen-bond acceptors (Lipinski definition) is 1. The highest BCUT2D eigenvalue weighted by Crippen LogP contribution is 2.04. The van der Waals surface area contributed by atoms with Gasteiger partial charge in [-0.2, -0.15) is 0 Å². The Labute approximate surface area is 57.1 Å². The summed E-state index contributed by atoms with van der Waals surface area (Å²) in [6, 6.07) is 10.3. The van der Waals surface area contributed by atoms with E-state index in [1.807, 2.05) is 18.2 Å². The summed E-state index contributed by atoms with van der Waals surface area (Å²) in [5, 5.41) is 1.35. The zero-order chi connectivity index (χ0) is 6.53. The molecule has 0 aliphatic rings. The van der Waals surface area contributed by atoms with Gasteiger partial charge in [-0.05, 0) is 5.30 Å². The summed E-state index contributed by atoms with van der Waals surface area (Å²) in [6.45, 7) is 0. The number of benzene rings is 1. The lowest BCUT2D eigenvalue weighted by molar-refractivity contribution is 1.40. The maximum absolute atomic E-state index is 5.37. The zero-order valence-electron chi connectivity index (χ0n) is 5.17. The van der Waals surface area contributed by atoms with E-state index in [4.69, 9.17) is 5.73 Å². The normalized spacial score (nSPS) is 10.8. The van der Waals surface area contributed by atoms with Gasteiger partial charge in [0, 0.05) is 6.29 Å². The zero-order valence-corrected chi connectivity index (χ0v) is 6.17. The summed E-state index contributed by atoms with van der Waals surface area (Å²) in [7, 11) is 0.765. The number of nitrogens with two attached hydrogens (primary N) is 1.